The Bertz CT molecular complexity index is 1240. The van der Waals surface area contributed by atoms with E-state index in [1.807, 2.05) is 13.8 Å². The fraction of sp³-hybridized carbons (Fsp3) is 1.00. The molecule has 8 rings (SSSR count). The Morgan fingerprint density at radius 1 is 0.756 bits per heavy atom. The summed E-state index contributed by atoms with van der Waals surface area (Å²) in [5.41, 5.74) is -2.36. The third kappa shape index (κ3) is 3.66. The van der Waals surface area contributed by atoms with Crippen molar-refractivity contribution in [3.63, 3.8) is 0 Å². The maximum absolute atomic E-state index is 12.4. The molecule has 5 saturated carbocycles. The van der Waals surface area contributed by atoms with Crippen molar-refractivity contribution in [1.82, 2.24) is 0 Å². The first-order chi connectivity index (χ1) is 20.8. The Balaban J connectivity index is 1.12. The van der Waals surface area contributed by atoms with Gasteiger partial charge in [-0.25, -0.2) is 0 Å². The fourth-order valence-corrected chi connectivity index (χ4v) is 14.1. The number of aliphatic hydroxyl groups excluding tert-OH is 5. The Kier molecular flexibility index (Phi) is 6.53. The van der Waals surface area contributed by atoms with Gasteiger partial charge < -0.3 is 49.6 Å². The van der Waals surface area contributed by atoms with Gasteiger partial charge in [-0.05, 0) is 91.3 Å². The largest absolute Gasteiger partial charge is 0.390 e. The minimum Gasteiger partial charge on any atom is -0.390 e. The van der Waals surface area contributed by atoms with E-state index in [0.717, 1.165) is 32.1 Å². The van der Waals surface area contributed by atoms with E-state index in [1.54, 1.807) is 0 Å². The molecule has 0 unspecified atom stereocenters. The summed E-state index contributed by atoms with van der Waals surface area (Å²) in [6.45, 7) is 14.7. The van der Waals surface area contributed by atoms with Gasteiger partial charge in [-0.2, -0.15) is 0 Å². The zero-order valence-corrected chi connectivity index (χ0v) is 28.0. The van der Waals surface area contributed by atoms with E-state index in [0.29, 0.717) is 18.8 Å². The van der Waals surface area contributed by atoms with E-state index >= 15 is 0 Å². The lowest BCUT2D eigenvalue weighted by atomic mass is 9.40. The van der Waals surface area contributed by atoms with Crippen LogP contribution in [0, 0.1) is 50.7 Å². The molecular weight excluding hydrogens is 580 g/mol. The molecular formula is C35H56O10. The quantitative estimate of drug-likeness (QED) is 0.254. The Hall–Kier alpha value is -0.400. The minimum atomic E-state index is -1.38. The summed E-state index contributed by atoms with van der Waals surface area (Å²) in [7, 11) is 0. The zero-order chi connectivity index (χ0) is 32.5. The van der Waals surface area contributed by atoms with Gasteiger partial charge in [0.1, 0.15) is 24.4 Å². The van der Waals surface area contributed by atoms with Crippen LogP contribution in [0.1, 0.15) is 93.4 Å². The first kappa shape index (κ1) is 31.8. The van der Waals surface area contributed by atoms with Gasteiger partial charge in [0.2, 0.25) is 0 Å². The summed E-state index contributed by atoms with van der Waals surface area (Å²) in [5, 5.41) is 66.5. The molecule has 3 heterocycles. The molecule has 0 aromatic carbocycles. The van der Waals surface area contributed by atoms with Crippen LogP contribution in [-0.2, 0) is 18.9 Å². The molecule has 8 aliphatic rings. The molecule has 0 amide bonds. The number of aliphatic hydroxyl groups is 6. The van der Waals surface area contributed by atoms with Crippen LogP contribution in [0.3, 0.4) is 0 Å². The van der Waals surface area contributed by atoms with Crippen molar-refractivity contribution >= 4 is 0 Å². The maximum Gasteiger partial charge on any atom is 0.186 e. The molecule has 5 aliphatic carbocycles. The SMILES string of the molecule is C[C@@H]1C[C@H]2O[C@]3(C[C@@]4(C)[C@@H]5[C@@H](O)[C@H](O)[C@H]6C(C)(C)[C@@H](O[C@@H]7OC[C@@H](O)[C@H](O)[C@H]7O)CC[C@@]67C[C@@]57CC[C@]4(C)[C@@H]13)O[C@H]2C(C)(C)O. The molecule has 6 N–H and O–H groups in total. The molecule has 0 aromatic rings. The summed E-state index contributed by atoms with van der Waals surface area (Å²) in [5.74, 6) is -0.684. The van der Waals surface area contributed by atoms with Gasteiger partial charge in [0, 0.05) is 18.3 Å². The topological polar surface area (TPSA) is 158 Å². The van der Waals surface area contributed by atoms with Gasteiger partial charge in [-0.1, -0.05) is 34.6 Å². The molecule has 10 nitrogen and oxygen atoms in total. The second-order valence-corrected chi connectivity index (χ2v) is 18.5. The van der Waals surface area contributed by atoms with Gasteiger partial charge in [-0.15, -0.1) is 0 Å². The minimum absolute atomic E-state index is 0.116. The van der Waals surface area contributed by atoms with Crippen LogP contribution in [0.2, 0.25) is 0 Å². The average molecular weight is 637 g/mol. The van der Waals surface area contributed by atoms with Crippen LogP contribution in [0.4, 0.5) is 0 Å². The second-order valence-electron chi connectivity index (χ2n) is 18.5. The van der Waals surface area contributed by atoms with E-state index in [4.69, 9.17) is 18.9 Å². The predicted molar refractivity (Wildman–Crippen MR) is 160 cm³/mol. The monoisotopic (exact) mass is 636 g/mol. The molecule has 2 bridgehead atoms. The fourth-order valence-electron chi connectivity index (χ4n) is 14.1. The Morgan fingerprint density at radius 2 is 1.42 bits per heavy atom. The Labute approximate surface area is 266 Å². The summed E-state index contributed by atoms with van der Waals surface area (Å²) >= 11 is 0. The Morgan fingerprint density at radius 3 is 2.11 bits per heavy atom. The van der Waals surface area contributed by atoms with Gasteiger partial charge >= 0.3 is 0 Å². The smallest absolute Gasteiger partial charge is 0.186 e. The summed E-state index contributed by atoms with van der Waals surface area (Å²) < 4.78 is 25.7. The van der Waals surface area contributed by atoms with Crippen LogP contribution in [-0.4, -0.2) is 104 Å². The average Bonchev–Trinajstić information content (AvgIpc) is 3.37. The van der Waals surface area contributed by atoms with Gasteiger partial charge in [0.15, 0.2) is 12.1 Å². The van der Waals surface area contributed by atoms with Crippen molar-refractivity contribution in [3.05, 3.63) is 0 Å². The van der Waals surface area contributed by atoms with E-state index in [1.165, 1.54) is 0 Å². The highest BCUT2D eigenvalue weighted by atomic mass is 16.8. The standard InChI is InChI=1S/C35H56O10/c1-16-12-18-27(30(4,5)41)45-35(44-18)14-32(7)26-22(39)21(38)25-29(2,3)19(43-28-23(40)20(37)17(36)13-42-28)8-9-33(25)15-34(26,33)11-10-31(32,6)24(16)35/h16-28,36-41H,8-15H2,1-7H3/t16-,17-,18-,19+,20+,21+,22+,23-,24-,25+,26+,27-,28+,31-,32+,33-,34+,35-/m1/s1. The predicted octanol–water partition coefficient (Wildman–Crippen LogP) is 2.09. The highest BCUT2D eigenvalue weighted by Crippen LogP contribution is 2.90. The molecule has 3 aliphatic heterocycles. The highest BCUT2D eigenvalue weighted by Gasteiger charge is 2.88. The lowest BCUT2D eigenvalue weighted by molar-refractivity contribution is -0.311. The molecule has 3 spiro atoms. The van der Waals surface area contributed by atoms with Crippen LogP contribution in [0.15, 0.2) is 0 Å². The van der Waals surface area contributed by atoms with Crippen LogP contribution >= 0.6 is 0 Å². The number of fused-ring (bicyclic) bond motifs is 4. The maximum atomic E-state index is 12.4. The van der Waals surface area contributed by atoms with Crippen molar-refractivity contribution < 1.29 is 49.6 Å². The van der Waals surface area contributed by atoms with Crippen LogP contribution in [0.25, 0.3) is 0 Å². The van der Waals surface area contributed by atoms with Crippen molar-refractivity contribution in [2.24, 2.45) is 50.7 Å². The van der Waals surface area contributed by atoms with Crippen molar-refractivity contribution in [2.75, 3.05) is 6.61 Å². The van der Waals surface area contributed by atoms with Gasteiger partial charge in [-0.3, -0.25) is 0 Å². The summed E-state index contributed by atoms with van der Waals surface area (Å²) in [6, 6.07) is 0. The summed E-state index contributed by atoms with van der Waals surface area (Å²) in [6.07, 6.45) is -1.84. The van der Waals surface area contributed by atoms with Gasteiger partial charge in [0.25, 0.3) is 0 Å². The number of ether oxygens (including phenoxy) is 4. The molecule has 3 saturated heterocycles. The van der Waals surface area contributed by atoms with E-state index in [9.17, 15) is 30.6 Å². The van der Waals surface area contributed by atoms with Crippen LogP contribution < -0.4 is 0 Å². The van der Waals surface area contributed by atoms with Crippen molar-refractivity contribution in [3.8, 4) is 0 Å². The van der Waals surface area contributed by atoms with Crippen molar-refractivity contribution in [1.29, 1.82) is 0 Å². The number of hydrogen-bond acceptors (Lipinski definition) is 10. The molecule has 45 heavy (non-hydrogen) atoms. The zero-order valence-electron chi connectivity index (χ0n) is 28.0. The second kappa shape index (κ2) is 9.23. The summed E-state index contributed by atoms with van der Waals surface area (Å²) in [4.78, 5) is 0. The van der Waals surface area contributed by atoms with E-state index in [-0.39, 0.29) is 58.2 Å². The molecule has 256 valence electrons. The number of rotatable bonds is 3. The first-order valence-electron chi connectivity index (χ1n) is 17.6. The lowest BCUT2D eigenvalue weighted by Crippen LogP contribution is -2.67. The lowest BCUT2D eigenvalue weighted by Gasteiger charge is -2.65. The third-order valence-electron chi connectivity index (χ3n) is 15.7. The van der Waals surface area contributed by atoms with E-state index < -0.39 is 59.7 Å². The van der Waals surface area contributed by atoms with Crippen molar-refractivity contribution in [2.45, 2.75) is 160 Å². The third-order valence-corrected chi connectivity index (χ3v) is 15.7. The number of hydrogen-bond donors (Lipinski definition) is 6. The first-order valence-corrected chi connectivity index (χ1v) is 17.6. The molecule has 0 aromatic heterocycles. The molecule has 10 heteroatoms. The van der Waals surface area contributed by atoms with E-state index in [2.05, 4.69) is 34.6 Å². The molecule has 0 radical (unpaired) electrons. The normalized spacial score (nSPS) is 62.7. The van der Waals surface area contributed by atoms with Crippen LogP contribution in [0.5, 0.6) is 0 Å². The van der Waals surface area contributed by atoms with Gasteiger partial charge in [0.05, 0.1) is 36.6 Å². The molecule has 18 atom stereocenters. The molecule has 8 fully saturated rings. The highest BCUT2D eigenvalue weighted by molar-refractivity contribution is 5.35.